The average Bonchev–Trinajstić information content (AvgIpc) is 3.28. The second kappa shape index (κ2) is 13.2. The quantitative estimate of drug-likeness (QED) is 0.400. The molecule has 0 spiro atoms. The molecule has 2 atom stereocenters. The predicted molar refractivity (Wildman–Crippen MR) is 169 cm³/mol. The van der Waals surface area contributed by atoms with Gasteiger partial charge in [-0.1, -0.05) is 12.1 Å². The van der Waals surface area contributed by atoms with E-state index in [0.29, 0.717) is 61.8 Å². The second-order valence-corrected chi connectivity index (χ2v) is 11.0. The van der Waals surface area contributed by atoms with Gasteiger partial charge in [0.05, 0.1) is 33.1 Å². The Kier molecular flexibility index (Phi) is 9.22. The fourth-order valence-electron chi connectivity index (χ4n) is 6.09. The van der Waals surface area contributed by atoms with Gasteiger partial charge in [0.25, 0.3) is 0 Å². The van der Waals surface area contributed by atoms with Crippen molar-refractivity contribution in [3.63, 3.8) is 0 Å². The Bertz CT molecular complexity index is 1590. The van der Waals surface area contributed by atoms with Crippen LogP contribution in [0.5, 0.6) is 17.2 Å². The van der Waals surface area contributed by atoms with Crippen molar-refractivity contribution in [1.29, 1.82) is 0 Å². The number of aromatic nitrogens is 1. The number of piperazine rings is 1. The number of benzene rings is 1. The van der Waals surface area contributed by atoms with Crippen LogP contribution in [0.4, 0.5) is 11.5 Å². The van der Waals surface area contributed by atoms with Crippen LogP contribution in [0.25, 0.3) is 11.1 Å². The summed E-state index contributed by atoms with van der Waals surface area (Å²) in [6.45, 7) is 5.69. The lowest BCUT2D eigenvalue weighted by molar-refractivity contribution is -0.132. The number of methoxy groups -OCH3 is 3. The van der Waals surface area contributed by atoms with E-state index in [1.54, 1.807) is 46.6 Å². The number of hydrogen-bond acceptors (Lipinski definition) is 9. The average molecular weight is 602 g/mol. The van der Waals surface area contributed by atoms with Crippen LogP contribution >= 0.6 is 0 Å². The third kappa shape index (κ3) is 6.13. The summed E-state index contributed by atoms with van der Waals surface area (Å²) in [6, 6.07) is 11.7. The smallest absolute Gasteiger partial charge is 0.244 e. The molecule has 0 saturated carbocycles. The molecule has 1 aromatic heterocycles. The lowest BCUT2D eigenvalue weighted by Gasteiger charge is -2.36. The van der Waals surface area contributed by atoms with Gasteiger partial charge in [0.15, 0.2) is 11.5 Å². The number of ether oxygens (including phenoxy) is 3. The molecule has 11 heteroatoms. The first-order valence-corrected chi connectivity index (χ1v) is 14.7. The van der Waals surface area contributed by atoms with Crippen LogP contribution in [-0.2, 0) is 16.0 Å². The van der Waals surface area contributed by atoms with Crippen LogP contribution in [0.2, 0.25) is 0 Å². The lowest BCUT2D eigenvalue weighted by atomic mass is 9.95. The number of aryl methyl sites for hydroxylation is 1. The number of nitrogens with one attached hydrogen (secondary N) is 2. The summed E-state index contributed by atoms with van der Waals surface area (Å²) in [5, 5.41) is 6.18. The van der Waals surface area contributed by atoms with Crippen LogP contribution in [0, 0.1) is 0 Å². The zero-order valence-electron chi connectivity index (χ0n) is 25.8. The highest BCUT2D eigenvalue weighted by Crippen LogP contribution is 2.50. The minimum absolute atomic E-state index is 0.0851. The molecular weight excluding hydrogens is 562 g/mol. The fraction of sp³-hybridized carbons (Fsp3) is 0.394. The Morgan fingerprint density at radius 2 is 1.73 bits per heavy atom. The lowest BCUT2D eigenvalue weighted by Crippen LogP contribution is -2.52. The highest BCUT2D eigenvalue weighted by atomic mass is 16.5. The van der Waals surface area contributed by atoms with Crippen molar-refractivity contribution in [2.75, 3.05) is 57.7 Å². The van der Waals surface area contributed by atoms with E-state index in [4.69, 9.17) is 14.2 Å². The van der Waals surface area contributed by atoms with Crippen LogP contribution in [-0.4, -0.2) is 75.2 Å². The Morgan fingerprint density at radius 1 is 0.977 bits per heavy atom. The summed E-state index contributed by atoms with van der Waals surface area (Å²) in [6.07, 6.45) is 2.93. The van der Waals surface area contributed by atoms with Crippen LogP contribution in [0.15, 0.2) is 53.5 Å². The third-order valence-electron chi connectivity index (χ3n) is 8.22. The SMILES string of the molecule is COc1cc2c(c(OC)c1OC)-c1ccc(NC(C)C(=O)N3CCN(c4ccccn4)CC3)c(=O)cc1C(NC(C)=O)CC2. The number of amides is 2. The summed E-state index contributed by atoms with van der Waals surface area (Å²) >= 11 is 0. The molecule has 2 aromatic carbocycles. The van der Waals surface area contributed by atoms with Gasteiger partial charge in [0.1, 0.15) is 11.9 Å². The second-order valence-electron chi connectivity index (χ2n) is 11.0. The maximum Gasteiger partial charge on any atom is 0.244 e. The minimum Gasteiger partial charge on any atom is -0.493 e. The van der Waals surface area contributed by atoms with E-state index in [-0.39, 0.29) is 22.9 Å². The number of nitrogens with zero attached hydrogens (tertiary/aromatic N) is 3. The van der Waals surface area contributed by atoms with Gasteiger partial charge in [-0.2, -0.15) is 0 Å². The predicted octanol–water partition coefficient (Wildman–Crippen LogP) is 3.41. The van der Waals surface area contributed by atoms with Gasteiger partial charge in [-0.3, -0.25) is 14.4 Å². The molecule has 44 heavy (non-hydrogen) atoms. The molecule has 1 aliphatic carbocycles. The molecule has 2 unspecified atom stereocenters. The highest BCUT2D eigenvalue weighted by Gasteiger charge is 2.30. The van der Waals surface area contributed by atoms with Crippen molar-refractivity contribution < 1.29 is 23.8 Å². The van der Waals surface area contributed by atoms with Gasteiger partial charge in [0, 0.05) is 44.9 Å². The molecular formula is C33H39N5O6. The summed E-state index contributed by atoms with van der Waals surface area (Å²) in [5.74, 6) is 2.06. The molecule has 2 N–H and O–H groups in total. The standard InChI is InChI=1S/C33H39N5O6/c1-20(33(41)38-16-14-37(15-17-38)29-8-6-7-13-34-29)35-26-12-10-23-24(19-27(26)40)25(36-21(2)39)11-9-22-18-28(42-3)31(43-4)32(44-5)30(22)23/h6-8,10,12-13,18-20,25H,9,11,14-17H2,1-5H3,(H,35,40)(H,36,39). The maximum atomic E-state index is 13.7. The topological polar surface area (TPSA) is 122 Å². The minimum atomic E-state index is -0.636. The molecule has 2 amide bonds. The van der Waals surface area contributed by atoms with Gasteiger partial charge >= 0.3 is 0 Å². The molecule has 2 aliphatic rings. The van der Waals surface area contributed by atoms with Crippen LogP contribution < -0.4 is 35.2 Å². The van der Waals surface area contributed by atoms with Crippen molar-refractivity contribution in [2.45, 2.75) is 38.8 Å². The number of anilines is 2. The zero-order valence-corrected chi connectivity index (χ0v) is 25.8. The Hall–Kier alpha value is -4.80. The largest absolute Gasteiger partial charge is 0.493 e. The van der Waals surface area contributed by atoms with Crippen LogP contribution in [0.1, 0.15) is 37.4 Å². The Balaban J connectivity index is 1.46. The summed E-state index contributed by atoms with van der Waals surface area (Å²) in [5.41, 5.74) is 3.09. The van der Waals surface area contributed by atoms with Crippen molar-refractivity contribution in [3.8, 4) is 28.4 Å². The molecule has 1 fully saturated rings. The van der Waals surface area contributed by atoms with E-state index in [1.807, 2.05) is 35.2 Å². The first kappa shape index (κ1) is 30.7. The molecule has 2 heterocycles. The van der Waals surface area contributed by atoms with Crippen molar-refractivity contribution in [1.82, 2.24) is 15.2 Å². The van der Waals surface area contributed by atoms with Gasteiger partial charge in [-0.05, 0) is 66.8 Å². The van der Waals surface area contributed by atoms with E-state index in [0.717, 1.165) is 22.5 Å². The fourth-order valence-corrected chi connectivity index (χ4v) is 6.09. The summed E-state index contributed by atoms with van der Waals surface area (Å²) < 4.78 is 17.1. The Morgan fingerprint density at radius 3 is 2.36 bits per heavy atom. The number of fused-ring (bicyclic) bond motifs is 3. The summed E-state index contributed by atoms with van der Waals surface area (Å²) in [4.78, 5) is 47.7. The molecule has 232 valence electrons. The number of pyridine rings is 1. The first-order valence-electron chi connectivity index (χ1n) is 14.7. The van der Waals surface area contributed by atoms with E-state index in [1.165, 1.54) is 6.92 Å². The van der Waals surface area contributed by atoms with Crippen LogP contribution in [0.3, 0.4) is 0 Å². The molecule has 1 saturated heterocycles. The van der Waals surface area contributed by atoms with Gasteiger partial charge in [-0.25, -0.2) is 4.98 Å². The van der Waals surface area contributed by atoms with E-state index < -0.39 is 12.1 Å². The maximum absolute atomic E-state index is 13.7. The van der Waals surface area contributed by atoms with E-state index >= 15 is 0 Å². The van der Waals surface area contributed by atoms with Gasteiger partial charge in [-0.15, -0.1) is 0 Å². The molecule has 0 radical (unpaired) electrons. The van der Waals surface area contributed by atoms with E-state index in [9.17, 15) is 14.4 Å². The molecule has 1 aliphatic heterocycles. The van der Waals surface area contributed by atoms with Gasteiger partial charge < -0.3 is 34.6 Å². The molecule has 0 bridgehead atoms. The van der Waals surface area contributed by atoms with Gasteiger partial charge in [0.2, 0.25) is 23.0 Å². The van der Waals surface area contributed by atoms with Crippen molar-refractivity contribution >= 4 is 23.3 Å². The Labute approximate surface area is 257 Å². The summed E-state index contributed by atoms with van der Waals surface area (Å²) in [7, 11) is 4.68. The normalized spacial score (nSPS) is 16.5. The molecule has 5 rings (SSSR count). The molecule has 3 aromatic rings. The molecule has 11 nitrogen and oxygen atoms in total. The first-order chi connectivity index (χ1) is 21.2. The number of carbonyl (C=O) groups is 2. The number of hydrogen-bond donors (Lipinski definition) is 2. The monoisotopic (exact) mass is 601 g/mol. The highest BCUT2D eigenvalue weighted by molar-refractivity contribution is 5.86. The van der Waals surface area contributed by atoms with E-state index in [2.05, 4.69) is 20.5 Å². The number of rotatable bonds is 8. The van der Waals surface area contributed by atoms with Crippen molar-refractivity contribution in [2.24, 2.45) is 0 Å². The third-order valence-corrected chi connectivity index (χ3v) is 8.22. The number of carbonyl (C=O) groups excluding carboxylic acids is 2. The zero-order chi connectivity index (χ0) is 31.4. The van der Waals surface area contributed by atoms with Crippen molar-refractivity contribution in [3.05, 3.63) is 70.0 Å².